The molecule has 8 heteroatoms. The average Bonchev–Trinajstić information content (AvgIpc) is 3.05. The highest BCUT2D eigenvalue weighted by Crippen LogP contribution is 2.15. The Labute approximate surface area is 138 Å². The summed E-state index contributed by atoms with van der Waals surface area (Å²) in [5.41, 5.74) is 0.899. The lowest BCUT2D eigenvalue weighted by Crippen LogP contribution is -2.52. The monoisotopic (exact) mass is 332 g/mol. The molecule has 8 nitrogen and oxygen atoms in total. The molecule has 2 rings (SSSR count). The van der Waals surface area contributed by atoms with Crippen LogP contribution in [0.15, 0.2) is 36.8 Å². The Bertz CT molecular complexity index is 685. The van der Waals surface area contributed by atoms with Gasteiger partial charge >= 0.3 is 0 Å². The predicted molar refractivity (Wildman–Crippen MR) is 86.3 cm³/mol. The minimum Gasteiger partial charge on any atom is -0.507 e. The zero-order chi connectivity index (χ0) is 17.5. The van der Waals surface area contributed by atoms with Crippen LogP contribution in [0, 0.1) is 0 Å². The molecule has 24 heavy (non-hydrogen) atoms. The summed E-state index contributed by atoms with van der Waals surface area (Å²) in [5.74, 6) is -1.34. The van der Waals surface area contributed by atoms with Gasteiger partial charge in [-0.3, -0.25) is 9.59 Å². The first-order valence-electron chi connectivity index (χ1n) is 7.51. The van der Waals surface area contributed by atoms with Gasteiger partial charge in [0.15, 0.2) is 0 Å². The number of carbonyl (C=O) groups excluding carboxylic acids is 2. The van der Waals surface area contributed by atoms with Crippen molar-refractivity contribution in [2.24, 2.45) is 0 Å². The third kappa shape index (κ3) is 4.56. The summed E-state index contributed by atoms with van der Waals surface area (Å²) in [4.78, 5) is 31.1. The van der Waals surface area contributed by atoms with E-state index in [-0.39, 0.29) is 11.3 Å². The Hall–Kier alpha value is -2.87. The molecule has 0 radical (unpaired) electrons. The van der Waals surface area contributed by atoms with Gasteiger partial charge in [0.2, 0.25) is 5.91 Å². The second-order valence-corrected chi connectivity index (χ2v) is 5.33. The molecule has 128 valence electrons. The summed E-state index contributed by atoms with van der Waals surface area (Å²) in [6.45, 7) is 1.74. The van der Waals surface area contributed by atoms with Gasteiger partial charge in [0.1, 0.15) is 11.8 Å². The van der Waals surface area contributed by atoms with Crippen molar-refractivity contribution >= 4 is 11.8 Å². The van der Waals surface area contributed by atoms with Crippen molar-refractivity contribution in [2.75, 3.05) is 6.54 Å². The number of imidazole rings is 1. The molecule has 2 aromatic rings. The number of hydrogen-bond donors (Lipinski definition) is 5. The lowest BCUT2D eigenvalue weighted by molar-refractivity contribution is -0.125. The van der Waals surface area contributed by atoms with E-state index in [0.717, 1.165) is 5.69 Å². The van der Waals surface area contributed by atoms with Crippen molar-refractivity contribution in [2.45, 2.75) is 25.5 Å². The minimum absolute atomic E-state index is 0.0356. The molecule has 1 heterocycles. The molecular formula is C16H20N4O4. The molecule has 5 N–H and O–H groups in total. The average molecular weight is 332 g/mol. The lowest BCUT2D eigenvalue weighted by Gasteiger charge is -2.21. The molecule has 1 aromatic heterocycles. The molecule has 0 saturated heterocycles. The van der Waals surface area contributed by atoms with Crippen molar-refractivity contribution in [3.63, 3.8) is 0 Å². The first-order valence-corrected chi connectivity index (χ1v) is 7.51. The van der Waals surface area contributed by atoms with Gasteiger partial charge in [0.05, 0.1) is 18.0 Å². The quantitative estimate of drug-likeness (QED) is 0.486. The second-order valence-electron chi connectivity index (χ2n) is 5.33. The number of rotatable bonds is 7. The number of phenolic OH excluding ortho intramolecular Hbond substituents is 1. The predicted octanol–water partition coefficient (Wildman–Crippen LogP) is -0.0466. The van der Waals surface area contributed by atoms with E-state index in [1.807, 2.05) is 0 Å². The standard InChI is InChI=1S/C16H20N4O4/c1-10(21)14(16(24)18-7-6-11-8-17-9-19-11)20-15(23)12-4-2-3-5-13(12)22/h2-5,8-10,14,21-22H,6-7H2,1H3,(H,17,19)(H,18,24)(H,20,23). The summed E-state index contributed by atoms with van der Waals surface area (Å²) in [7, 11) is 0. The smallest absolute Gasteiger partial charge is 0.255 e. The number of phenols is 1. The van der Waals surface area contributed by atoms with Crippen LogP contribution in [0.4, 0.5) is 0 Å². The second kappa shape index (κ2) is 8.11. The third-order valence-corrected chi connectivity index (χ3v) is 3.45. The third-order valence-electron chi connectivity index (χ3n) is 3.45. The van der Waals surface area contributed by atoms with Crippen LogP contribution in [0.2, 0.25) is 0 Å². The SMILES string of the molecule is CC(O)C(NC(=O)c1ccccc1O)C(=O)NCCc1cnc[nH]1. The van der Waals surface area contributed by atoms with E-state index in [9.17, 15) is 19.8 Å². The molecule has 2 amide bonds. The molecule has 2 atom stereocenters. The Kier molecular flexibility index (Phi) is 5.91. The van der Waals surface area contributed by atoms with E-state index >= 15 is 0 Å². The van der Waals surface area contributed by atoms with Gasteiger partial charge in [-0.1, -0.05) is 12.1 Å². The maximum Gasteiger partial charge on any atom is 0.255 e. The fourth-order valence-electron chi connectivity index (χ4n) is 2.14. The molecule has 1 aromatic carbocycles. The van der Waals surface area contributed by atoms with Crippen molar-refractivity contribution in [1.82, 2.24) is 20.6 Å². The van der Waals surface area contributed by atoms with E-state index in [2.05, 4.69) is 20.6 Å². The Morgan fingerprint density at radius 3 is 2.71 bits per heavy atom. The van der Waals surface area contributed by atoms with E-state index in [4.69, 9.17) is 0 Å². The number of hydrogen-bond acceptors (Lipinski definition) is 5. The van der Waals surface area contributed by atoms with E-state index in [1.165, 1.54) is 19.1 Å². The number of para-hydroxylation sites is 1. The summed E-state index contributed by atoms with van der Waals surface area (Å²) in [5, 5.41) is 24.5. The van der Waals surface area contributed by atoms with Crippen molar-refractivity contribution in [3.05, 3.63) is 48.0 Å². The van der Waals surface area contributed by atoms with Crippen molar-refractivity contribution < 1.29 is 19.8 Å². The van der Waals surface area contributed by atoms with Gasteiger partial charge < -0.3 is 25.8 Å². The summed E-state index contributed by atoms with van der Waals surface area (Å²) < 4.78 is 0. The van der Waals surface area contributed by atoms with Crippen molar-refractivity contribution in [1.29, 1.82) is 0 Å². The Morgan fingerprint density at radius 1 is 1.33 bits per heavy atom. The summed E-state index contributed by atoms with van der Waals surface area (Å²) >= 11 is 0. The van der Waals surface area contributed by atoms with Crippen LogP contribution < -0.4 is 10.6 Å². The fraction of sp³-hybridized carbons (Fsp3) is 0.312. The minimum atomic E-state index is -1.13. The number of aliphatic hydroxyl groups excluding tert-OH is 1. The van der Waals surface area contributed by atoms with Crippen molar-refractivity contribution in [3.8, 4) is 5.75 Å². The van der Waals surface area contributed by atoms with E-state index < -0.39 is 24.0 Å². The van der Waals surface area contributed by atoms with Gasteiger partial charge in [0, 0.05) is 24.9 Å². The molecule has 0 aliphatic heterocycles. The zero-order valence-electron chi connectivity index (χ0n) is 13.2. The highest BCUT2D eigenvalue weighted by molar-refractivity contribution is 5.99. The Balaban J connectivity index is 1.94. The molecule has 0 spiro atoms. The summed E-state index contributed by atoms with van der Waals surface area (Å²) in [6, 6.07) is 4.85. The number of benzene rings is 1. The van der Waals surface area contributed by atoms with Crippen LogP contribution >= 0.6 is 0 Å². The normalized spacial score (nSPS) is 13.1. The maximum atomic E-state index is 12.2. The topological polar surface area (TPSA) is 127 Å². The van der Waals surface area contributed by atoms with E-state index in [1.54, 1.807) is 24.7 Å². The molecule has 0 saturated carbocycles. The number of nitrogens with one attached hydrogen (secondary N) is 3. The van der Waals surface area contributed by atoms with E-state index in [0.29, 0.717) is 13.0 Å². The molecule has 0 aliphatic rings. The van der Waals surface area contributed by atoms with Gasteiger partial charge in [-0.15, -0.1) is 0 Å². The number of aliphatic hydroxyl groups is 1. The zero-order valence-corrected chi connectivity index (χ0v) is 13.2. The van der Waals surface area contributed by atoms with Crippen LogP contribution in [0.1, 0.15) is 23.0 Å². The highest BCUT2D eigenvalue weighted by atomic mass is 16.3. The lowest BCUT2D eigenvalue weighted by atomic mass is 10.1. The van der Waals surface area contributed by atoms with Gasteiger partial charge in [-0.25, -0.2) is 4.98 Å². The fourth-order valence-corrected chi connectivity index (χ4v) is 2.14. The Morgan fingerprint density at radius 2 is 2.08 bits per heavy atom. The number of aromatic amines is 1. The number of nitrogens with zero attached hydrogens (tertiary/aromatic N) is 1. The molecule has 2 unspecified atom stereocenters. The summed E-state index contributed by atoms with van der Waals surface area (Å²) in [6.07, 6.45) is 2.65. The van der Waals surface area contributed by atoms with Crippen LogP contribution in [0.25, 0.3) is 0 Å². The number of aromatic hydroxyl groups is 1. The van der Waals surface area contributed by atoms with Crippen LogP contribution in [-0.4, -0.2) is 50.7 Å². The molecule has 0 aliphatic carbocycles. The largest absolute Gasteiger partial charge is 0.507 e. The first-order chi connectivity index (χ1) is 11.5. The molecular weight excluding hydrogens is 312 g/mol. The van der Waals surface area contributed by atoms with Crippen LogP contribution in [0.5, 0.6) is 5.75 Å². The van der Waals surface area contributed by atoms with Gasteiger partial charge in [0.25, 0.3) is 5.91 Å². The number of aromatic nitrogens is 2. The number of amides is 2. The van der Waals surface area contributed by atoms with Crippen LogP contribution in [-0.2, 0) is 11.2 Å². The van der Waals surface area contributed by atoms with Gasteiger partial charge in [-0.05, 0) is 19.1 Å². The van der Waals surface area contributed by atoms with Gasteiger partial charge in [-0.2, -0.15) is 0 Å². The number of H-pyrrole nitrogens is 1. The highest BCUT2D eigenvalue weighted by Gasteiger charge is 2.26. The maximum absolute atomic E-state index is 12.2. The molecule has 0 bridgehead atoms. The van der Waals surface area contributed by atoms with Crippen LogP contribution in [0.3, 0.4) is 0 Å². The first kappa shape index (κ1) is 17.5. The number of carbonyl (C=O) groups is 2. The molecule has 0 fully saturated rings.